The van der Waals surface area contributed by atoms with E-state index >= 15 is 0 Å². The lowest BCUT2D eigenvalue weighted by atomic mass is 10.0. The molecule has 0 fully saturated rings. The number of rotatable bonds is 4. The van der Waals surface area contributed by atoms with E-state index in [1.54, 1.807) is 26.0 Å². The molecule has 88 valence electrons. The largest absolute Gasteiger partial charge is 0.481 e. The van der Waals surface area contributed by atoms with Gasteiger partial charge in [0.05, 0.1) is 16.6 Å². The van der Waals surface area contributed by atoms with Crippen LogP contribution >= 0.6 is 0 Å². The number of aliphatic carboxylic acids is 1. The van der Waals surface area contributed by atoms with Gasteiger partial charge in [0.15, 0.2) is 9.84 Å². The predicted octanol–water partition coefficient (Wildman–Crippen LogP) is 1.67. The Morgan fingerprint density at radius 2 is 1.81 bits per heavy atom. The van der Waals surface area contributed by atoms with Crippen molar-refractivity contribution in [2.24, 2.45) is 0 Å². The first-order valence-electron chi connectivity index (χ1n) is 4.94. The third-order valence-corrected chi connectivity index (χ3v) is 4.24. The minimum absolute atomic E-state index is 0.0425. The molecule has 0 aliphatic rings. The number of hydrogen-bond donors (Lipinski definition) is 1. The van der Waals surface area contributed by atoms with Crippen LogP contribution in [0, 0.1) is 0 Å². The molecular weight excluding hydrogens is 228 g/mol. The Labute approximate surface area is 94.8 Å². The molecule has 0 radical (unpaired) electrons. The fourth-order valence-corrected chi connectivity index (χ4v) is 2.16. The Bertz CT molecular complexity index is 473. The van der Waals surface area contributed by atoms with Crippen LogP contribution in [0.1, 0.15) is 25.3 Å². The van der Waals surface area contributed by atoms with Gasteiger partial charge in [0.2, 0.25) is 0 Å². The van der Waals surface area contributed by atoms with Crippen LogP contribution in [0.4, 0.5) is 0 Å². The molecule has 1 aromatic rings. The highest BCUT2D eigenvalue weighted by molar-refractivity contribution is 7.91. The third kappa shape index (κ3) is 2.61. The van der Waals surface area contributed by atoms with Crippen molar-refractivity contribution in [3.8, 4) is 0 Å². The van der Waals surface area contributed by atoms with E-state index in [2.05, 4.69) is 0 Å². The molecule has 0 aliphatic carbocycles. The third-order valence-electron chi connectivity index (χ3n) is 2.49. The summed E-state index contributed by atoms with van der Waals surface area (Å²) < 4.78 is 23.0. The molecular formula is C11H14O4S. The average molecular weight is 242 g/mol. The number of carbonyl (C=O) groups is 1. The first kappa shape index (κ1) is 12.7. The summed E-state index contributed by atoms with van der Waals surface area (Å²) in [6.07, 6.45) is 0. The molecule has 0 aromatic heterocycles. The summed E-state index contributed by atoms with van der Waals surface area (Å²) in [6.45, 7) is 3.13. The summed E-state index contributed by atoms with van der Waals surface area (Å²) in [5.74, 6) is -1.51. The molecule has 0 heterocycles. The highest BCUT2D eigenvalue weighted by Crippen LogP contribution is 2.18. The van der Waals surface area contributed by atoms with Crippen LogP contribution in [0.3, 0.4) is 0 Å². The first-order valence-corrected chi connectivity index (χ1v) is 6.59. The van der Waals surface area contributed by atoms with Crippen molar-refractivity contribution in [3.63, 3.8) is 0 Å². The molecule has 0 amide bonds. The van der Waals surface area contributed by atoms with Gasteiger partial charge in [0, 0.05) is 0 Å². The molecule has 1 aromatic carbocycles. The van der Waals surface area contributed by atoms with Crippen molar-refractivity contribution in [1.29, 1.82) is 0 Å². The van der Waals surface area contributed by atoms with Crippen LogP contribution in [0.15, 0.2) is 29.2 Å². The molecule has 1 rings (SSSR count). The lowest BCUT2D eigenvalue weighted by Gasteiger charge is -2.07. The number of benzene rings is 1. The van der Waals surface area contributed by atoms with E-state index < -0.39 is 21.7 Å². The van der Waals surface area contributed by atoms with Crippen LogP contribution in [-0.2, 0) is 14.6 Å². The van der Waals surface area contributed by atoms with Gasteiger partial charge < -0.3 is 5.11 Å². The van der Waals surface area contributed by atoms with Crippen LogP contribution < -0.4 is 0 Å². The zero-order valence-electron chi connectivity index (χ0n) is 9.17. The van der Waals surface area contributed by atoms with Crippen molar-refractivity contribution in [3.05, 3.63) is 29.8 Å². The van der Waals surface area contributed by atoms with Gasteiger partial charge in [-0.05, 0) is 24.6 Å². The van der Waals surface area contributed by atoms with Crippen molar-refractivity contribution in [2.75, 3.05) is 5.75 Å². The molecule has 0 aliphatic heterocycles. The predicted molar refractivity (Wildman–Crippen MR) is 60.2 cm³/mol. The van der Waals surface area contributed by atoms with Crippen molar-refractivity contribution >= 4 is 15.8 Å². The van der Waals surface area contributed by atoms with E-state index in [9.17, 15) is 13.2 Å². The van der Waals surface area contributed by atoms with E-state index in [1.807, 2.05) is 0 Å². The Kier molecular flexibility index (Phi) is 3.70. The van der Waals surface area contributed by atoms with Crippen LogP contribution in [-0.4, -0.2) is 25.2 Å². The van der Waals surface area contributed by atoms with Gasteiger partial charge in [-0.1, -0.05) is 19.1 Å². The summed E-state index contributed by atoms with van der Waals surface area (Å²) in [4.78, 5) is 11.0. The topological polar surface area (TPSA) is 71.4 Å². The minimum atomic E-state index is -3.21. The van der Waals surface area contributed by atoms with Gasteiger partial charge in [0.25, 0.3) is 0 Å². The molecule has 4 nitrogen and oxygen atoms in total. The maximum absolute atomic E-state index is 11.5. The molecule has 5 heteroatoms. The fraction of sp³-hybridized carbons (Fsp3) is 0.364. The van der Waals surface area contributed by atoms with Gasteiger partial charge >= 0.3 is 5.97 Å². The van der Waals surface area contributed by atoms with Gasteiger partial charge in [-0.25, -0.2) is 8.42 Å². The van der Waals surface area contributed by atoms with E-state index in [1.165, 1.54) is 12.1 Å². The fourth-order valence-electron chi connectivity index (χ4n) is 1.27. The Morgan fingerprint density at radius 1 is 1.31 bits per heavy atom. The molecule has 0 bridgehead atoms. The molecule has 1 atom stereocenters. The lowest BCUT2D eigenvalue weighted by Crippen LogP contribution is -2.08. The maximum Gasteiger partial charge on any atom is 0.310 e. The van der Waals surface area contributed by atoms with Crippen molar-refractivity contribution < 1.29 is 18.3 Å². The Morgan fingerprint density at radius 3 is 2.19 bits per heavy atom. The van der Waals surface area contributed by atoms with E-state index in [-0.39, 0.29) is 10.6 Å². The van der Waals surface area contributed by atoms with Crippen molar-refractivity contribution in [1.82, 2.24) is 0 Å². The van der Waals surface area contributed by atoms with Gasteiger partial charge in [-0.15, -0.1) is 0 Å². The molecule has 0 saturated heterocycles. The molecule has 0 spiro atoms. The summed E-state index contributed by atoms with van der Waals surface area (Å²) in [5.41, 5.74) is 0.600. The first-order chi connectivity index (χ1) is 7.38. The second-order valence-corrected chi connectivity index (χ2v) is 5.81. The standard InChI is InChI=1S/C11H14O4S/c1-3-16(14,15)10-6-4-9(5-7-10)8(2)11(12)13/h4-8H,3H2,1-2H3,(H,12,13). The maximum atomic E-state index is 11.5. The van der Waals surface area contributed by atoms with Gasteiger partial charge in [0.1, 0.15) is 0 Å². The smallest absolute Gasteiger partial charge is 0.310 e. The number of hydrogen-bond acceptors (Lipinski definition) is 3. The quantitative estimate of drug-likeness (QED) is 0.871. The summed E-state index contributed by atoms with van der Waals surface area (Å²) in [7, 11) is -3.21. The lowest BCUT2D eigenvalue weighted by molar-refractivity contribution is -0.138. The zero-order chi connectivity index (χ0) is 12.3. The number of carboxylic acid groups (broad SMARTS) is 1. The summed E-state index contributed by atoms with van der Waals surface area (Å²) >= 11 is 0. The van der Waals surface area contributed by atoms with Gasteiger partial charge in [-0.2, -0.15) is 0 Å². The summed E-state index contributed by atoms with van der Waals surface area (Å²) in [6, 6.07) is 5.99. The average Bonchev–Trinajstić information content (AvgIpc) is 2.28. The normalized spacial score (nSPS) is 13.4. The van der Waals surface area contributed by atoms with E-state index in [4.69, 9.17) is 5.11 Å². The van der Waals surface area contributed by atoms with Crippen LogP contribution in [0.5, 0.6) is 0 Å². The second-order valence-electron chi connectivity index (χ2n) is 3.53. The zero-order valence-corrected chi connectivity index (χ0v) is 9.99. The van der Waals surface area contributed by atoms with Gasteiger partial charge in [-0.3, -0.25) is 4.79 Å². The molecule has 1 N–H and O–H groups in total. The van der Waals surface area contributed by atoms with Crippen molar-refractivity contribution in [2.45, 2.75) is 24.7 Å². The summed E-state index contributed by atoms with van der Waals surface area (Å²) in [5, 5.41) is 8.79. The van der Waals surface area contributed by atoms with E-state index in [0.29, 0.717) is 5.56 Å². The number of carboxylic acids is 1. The molecule has 0 saturated carbocycles. The Hall–Kier alpha value is -1.36. The second kappa shape index (κ2) is 4.65. The van der Waals surface area contributed by atoms with E-state index in [0.717, 1.165) is 0 Å². The molecule has 16 heavy (non-hydrogen) atoms. The van der Waals surface area contributed by atoms with Crippen LogP contribution in [0.2, 0.25) is 0 Å². The SMILES string of the molecule is CCS(=O)(=O)c1ccc(C(C)C(=O)O)cc1. The minimum Gasteiger partial charge on any atom is -0.481 e. The van der Waals surface area contributed by atoms with Crippen LogP contribution in [0.25, 0.3) is 0 Å². The number of sulfone groups is 1. The molecule has 1 unspecified atom stereocenters. The monoisotopic (exact) mass is 242 g/mol. The highest BCUT2D eigenvalue weighted by atomic mass is 32.2. The highest BCUT2D eigenvalue weighted by Gasteiger charge is 2.15. The Balaban J connectivity index is 3.05.